The molecule has 4 aliphatic rings. The van der Waals surface area contributed by atoms with Gasteiger partial charge in [0.2, 0.25) is 0 Å². The van der Waals surface area contributed by atoms with Gasteiger partial charge in [-0.2, -0.15) is 13.2 Å². The van der Waals surface area contributed by atoms with E-state index in [4.69, 9.17) is 0 Å². The van der Waals surface area contributed by atoms with Gasteiger partial charge in [0.1, 0.15) is 11.3 Å². The lowest BCUT2D eigenvalue weighted by Gasteiger charge is -2.28. The van der Waals surface area contributed by atoms with Crippen molar-refractivity contribution in [2.24, 2.45) is 5.18 Å². The molecule has 1 atom stereocenters. The van der Waals surface area contributed by atoms with Crippen LogP contribution in [0.2, 0.25) is 0 Å². The highest BCUT2D eigenvalue weighted by Crippen LogP contribution is 2.44. The van der Waals surface area contributed by atoms with Crippen molar-refractivity contribution in [3.05, 3.63) is 63.9 Å². The predicted molar refractivity (Wildman–Crippen MR) is 115 cm³/mol. The first kappa shape index (κ1) is 21.4. The van der Waals surface area contributed by atoms with E-state index < -0.39 is 35.2 Å². The van der Waals surface area contributed by atoms with Crippen molar-refractivity contribution in [2.75, 3.05) is 10.2 Å². The van der Waals surface area contributed by atoms with Crippen molar-refractivity contribution < 1.29 is 22.8 Å². The number of rotatable bonds is 4. The molecule has 1 aliphatic carbocycles. The molecule has 0 aromatic heterocycles. The van der Waals surface area contributed by atoms with Gasteiger partial charge in [-0.25, -0.2) is 0 Å². The largest absolute Gasteiger partial charge is 0.418 e. The van der Waals surface area contributed by atoms with Crippen molar-refractivity contribution in [3.8, 4) is 0 Å². The maximum Gasteiger partial charge on any atom is 0.418 e. The average Bonchev–Trinajstić information content (AvgIpc) is 3.39. The van der Waals surface area contributed by atoms with Crippen LogP contribution in [0.3, 0.4) is 0 Å². The van der Waals surface area contributed by atoms with Crippen LogP contribution in [0, 0.1) is 4.91 Å². The summed E-state index contributed by atoms with van der Waals surface area (Å²) in [6.45, 7) is 0. The number of hydrogen-bond donors (Lipinski definition) is 2. The van der Waals surface area contributed by atoms with Crippen LogP contribution in [0.15, 0.2) is 58.6 Å². The molecule has 1 unspecified atom stereocenters. The van der Waals surface area contributed by atoms with Crippen LogP contribution >= 0.6 is 0 Å². The Hall–Kier alpha value is -3.43. The zero-order chi connectivity index (χ0) is 23.3. The van der Waals surface area contributed by atoms with Gasteiger partial charge in [-0.1, -0.05) is 6.08 Å². The van der Waals surface area contributed by atoms with E-state index in [9.17, 15) is 27.7 Å². The maximum atomic E-state index is 13.9. The van der Waals surface area contributed by atoms with E-state index >= 15 is 0 Å². The van der Waals surface area contributed by atoms with Crippen molar-refractivity contribution in [1.82, 2.24) is 5.32 Å². The van der Waals surface area contributed by atoms with Gasteiger partial charge < -0.3 is 15.5 Å². The molecule has 2 saturated heterocycles. The molecule has 172 valence electrons. The van der Waals surface area contributed by atoms with Gasteiger partial charge in [0.25, 0.3) is 5.91 Å². The van der Waals surface area contributed by atoms with Crippen LogP contribution in [-0.4, -0.2) is 29.8 Å². The SMILES string of the molecule is O=NC1=C2C(=O)C(C(=O)Nc3ccc(N4C5CCC4CC5)cc3C(F)(F)F)=CNC2CC=C1. The molecular formula is C23H21F3N4O3. The number of nitroso groups, excluding NO2 is 1. The van der Waals surface area contributed by atoms with E-state index in [1.165, 1.54) is 18.3 Å². The van der Waals surface area contributed by atoms with Gasteiger partial charge in [-0.3, -0.25) is 9.59 Å². The first-order chi connectivity index (χ1) is 15.8. The minimum atomic E-state index is -4.70. The summed E-state index contributed by atoms with van der Waals surface area (Å²) in [5.41, 5.74) is -1.34. The summed E-state index contributed by atoms with van der Waals surface area (Å²) < 4.78 is 41.7. The first-order valence-corrected chi connectivity index (χ1v) is 10.8. The van der Waals surface area contributed by atoms with Crippen LogP contribution in [-0.2, 0) is 15.8 Å². The fourth-order valence-electron chi connectivity index (χ4n) is 5.33. The number of amides is 1. The Morgan fingerprint density at radius 2 is 1.85 bits per heavy atom. The topological polar surface area (TPSA) is 90.9 Å². The molecule has 10 heteroatoms. The van der Waals surface area contributed by atoms with E-state index in [0.29, 0.717) is 12.1 Å². The number of halogens is 3. The molecule has 1 amide bonds. The molecule has 2 bridgehead atoms. The third kappa shape index (κ3) is 3.63. The highest BCUT2D eigenvalue weighted by molar-refractivity contribution is 6.29. The van der Waals surface area contributed by atoms with Crippen molar-refractivity contribution in [2.45, 2.75) is 56.4 Å². The second-order valence-electron chi connectivity index (χ2n) is 8.69. The Morgan fingerprint density at radius 1 is 1.15 bits per heavy atom. The number of anilines is 2. The highest BCUT2D eigenvalue weighted by atomic mass is 19.4. The lowest BCUT2D eigenvalue weighted by Crippen LogP contribution is -2.40. The molecule has 3 aliphatic heterocycles. The quantitative estimate of drug-likeness (QED) is 0.522. The van der Waals surface area contributed by atoms with E-state index in [-0.39, 0.29) is 28.9 Å². The Morgan fingerprint density at radius 3 is 2.48 bits per heavy atom. The molecule has 1 aromatic carbocycles. The zero-order valence-corrected chi connectivity index (χ0v) is 17.5. The molecular weight excluding hydrogens is 437 g/mol. The number of alkyl halides is 3. The van der Waals surface area contributed by atoms with Crippen molar-refractivity contribution in [3.63, 3.8) is 0 Å². The lowest BCUT2D eigenvalue weighted by molar-refractivity contribution is -0.136. The molecule has 33 heavy (non-hydrogen) atoms. The number of carbonyl (C=O) groups excluding carboxylic acids is 2. The van der Waals surface area contributed by atoms with Gasteiger partial charge in [0.05, 0.1) is 22.9 Å². The number of nitrogens with zero attached hydrogens (tertiary/aromatic N) is 2. The van der Waals surface area contributed by atoms with Crippen LogP contribution < -0.4 is 15.5 Å². The fraction of sp³-hybridized carbons (Fsp3) is 0.391. The zero-order valence-electron chi connectivity index (χ0n) is 17.5. The average molecular weight is 458 g/mol. The van der Waals surface area contributed by atoms with Gasteiger partial charge in [-0.05, 0) is 61.6 Å². The summed E-state index contributed by atoms with van der Waals surface area (Å²) in [5, 5.41) is 7.95. The summed E-state index contributed by atoms with van der Waals surface area (Å²) in [5.74, 6) is -1.72. The summed E-state index contributed by atoms with van der Waals surface area (Å²) in [4.78, 5) is 38.8. The van der Waals surface area contributed by atoms with Crippen molar-refractivity contribution in [1.29, 1.82) is 0 Å². The maximum absolute atomic E-state index is 13.9. The molecule has 0 saturated carbocycles. The molecule has 0 spiro atoms. The third-order valence-corrected chi connectivity index (χ3v) is 6.84. The summed E-state index contributed by atoms with van der Waals surface area (Å²) >= 11 is 0. The van der Waals surface area contributed by atoms with Gasteiger partial charge in [0, 0.05) is 24.0 Å². The van der Waals surface area contributed by atoms with Crippen molar-refractivity contribution >= 4 is 23.1 Å². The monoisotopic (exact) mass is 458 g/mol. The van der Waals surface area contributed by atoms with Crippen LogP contribution in [0.4, 0.5) is 24.5 Å². The minimum absolute atomic E-state index is 0.0380. The number of carbonyl (C=O) groups is 2. The molecule has 1 aromatic rings. The Kier molecular flexibility index (Phi) is 5.10. The molecule has 5 rings (SSSR count). The number of fused-ring (bicyclic) bond motifs is 3. The smallest absolute Gasteiger partial charge is 0.383 e. The van der Waals surface area contributed by atoms with E-state index in [0.717, 1.165) is 31.7 Å². The Balaban J connectivity index is 1.44. The van der Waals surface area contributed by atoms with Gasteiger partial charge >= 0.3 is 6.18 Å². The van der Waals surface area contributed by atoms with Crippen LogP contribution in [0.1, 0.15) is 37.7 Å². The number of allylic oxidation sites excluding steroid dienone is 1. The summed E-state index contributed by atoms with van der Waals surface area (Å²) in [6.07, 6.45) is 3.85. The van der Waals surface area contributed by atoms with E-state index in [1.54, 1.807) is 12.1 Å². The summed E-state index contributed by atoms with van der Waals surface area (Å²) in [6, 6.07) is 3.88. The van der Waals surface area contributed by atoms with E-state index in [1.807, 2.05) is 0 Å². The van der Waals surface area contributed by atoms with Gasteiger partial charge in [0.15, 0.2) is 5.78 Å². The van der Waals surface area contributed by atoms with Crippen LogP contribution in [0.25, 0.3) is 0 Å². The molecule has 7 nitrogen and oxygen atoms in total. The molecule has 2 fully saturated rings. The van der Waals surface area contributed by atoms with E-state index in [2.05, 4.69) is 20.7 Å². The lowest BCUT2D eigenvalue weighted by atomic mass is 9.87. The predicted octanol–water partition coefficient (Wildman–Crippen LogP) is 4.18. The number of nitrogens with one attached hydrogen (secondary N) is 2. The molecule has 0 radical (unpaired) electrons. The standard InChI is InChI=1S/C23H21F3N4O3/c24-23(25,26)16-10-14(30-12-4-5-13(30)7-6-12)8-9-17(16)28-22(32)15-11-27-18-2-1-3-19(29-33)20(18)21(15)31/h1,3,8-13,18,27H,2,4-7H2,(H,28,32). The Bertz CT molecular complexity index is 1120. The minimum Gasteiger partial charge on any atom is -0.383 e. The number of Topliss-reactive ketones (excluding diaryl/α,β-unsaturated/α-hetero) is 1. The second kappa shape index (κ2) is 7.86. The third-order valence-electron chi connectivity index (χ3n) is 6.84. The fourth-order valence-corrected chi connectivity index (χ4v) is 5.33. The Labute approximate surface area is 187 Å². The first-order valence-electron chi connectivity index (χ1n) is 10.8. The number of benzene rings is 1. The highest BCUT2D eigenvalue weighted by Gasteiger charge is 2.42. The number of hydrogen-bond acceptors (Lipinski definition) is 6. The van der Waals surface area contributed by atoms with Gasteiger partial charge in [-0.15, -0.1) is 4.91 Å². The van der Waals surface area contributed by atoms with Crippen LogP contribution in [0.5, 0.6) is 0 Å². The summed E-state index contributed by atoms with van der Waals surface area (Å²) in [7, 11) is 0. The normalized spacial score (nSPS) is 26.2. The molecule has 2 N–H and O–H groups in total. The number of ketones is 1. The molecule has 3 heterocycles. The second-order valence-corrected chi connectivity index (χ2v) is 8.69.